The third kappa shape index (κ3) is 3.60. The minimum atomic E-state index is -0.177. The first kappa shape index (κ1) is 9.58. The van der Waals surface area contributed by atoms with Crippen LogP contribution < -0.4 is 10.6 Å². The van der Waals surface area contributed by atoms with Gasteiger partial charge in [0, 0.05) is 12.6 Å². The van der Waals surface area contributed by atoms with E-state index in [1.165, 1.54) is 0 Å². The van der Waals surface area contributed by atoms with E-state index >= 15 is 0 Å². The molecule has 3 nitrogen and oxygen atoms in total. The van der Waals surface area contributed by atoms with Gasteiger partial charge in [-0.25, -0.2) is 4.79 Å². The molecule has 0 fully saturated rings. The monoisotopic (exact) mass is 177 g/mol. The van der Waals surface area contributed by atoms with E-state index in [4.69, 9.17) is 0 Å². The van der Waals surface area contributed by atoms with Crippen molar-refractivity contribution in [1.82, 2.24) is 5.32 Å². The second kappa shape index (κ2) is 5.19. The summed E-state index contributed by atoms with van der Waals surface area (Å²) in [5, 5.41) is 5.38. The second-order valence-electron chi connectivity index (χ2n) is 2.66. The molecule has 0 saturated carbocycles. The van der Waals surface area contributed by atoms with Gasteiger partial charge in [0.25, 0.3) is 0 Å². The van der Waals surface area contributed by atoms with Gasteiger partial charge in [-0.1, -0.05) is 25.1 Å². The van der Waals surface area contributed by atoms with E-state index in [-0.39, 0.29) is 6.03 Å². The fourth-order valence-electron chi connectivity index (χ4n) is 0.876. The van der Waals surface area contributed by atoms with Crippen LogP contribution in [-0.4, -0.2) is 12.6 Å². The summed E-state index contributed by atoms with van der Waals surface area (Å²) in [4.78, 5) is 11.1. The average Bonchev–Trinajstić information content (AvgIpc) is 2.16. The average molecular weight is 177 g/mol. The van der Waals surface area contributed by atoms with E-state index in [9.17, 15) is 4.79 Å². The molecule has 2 amide bonds. The van der Waals surface area contributed by atoms with Gasteiger partial charge in [0.2, 0.25) is 0 Å². The summed E-state index contributed by atoms with van der Waals surface area (Å²) in [7, 11) is 0. The minimum Gasteiger partial charge on any atom is -0.338 e. The molecule has 3 heteroatoms. The summed E-state index contributed by atoms with van der Waals surface area (Å²) < 4.78 is 0. The van der Waals surface area contributed by atoms with Crippen LogP contribution in [0, 0.1) is 6.07 Å². The molecule has 1 radical (unpaired) electrons. The van der Waals surface area contributed by atoms with Gasteiger partial charge in [-0.2, -0.15) is 0 Å². The molecule has 0 unspecified atom stereocenters. The summed E-state index contributed by atoms with van der Waals surface area (Å²) >= 11 is 0. The molecule has 2 N–H and O–H groups in total. The Bertz CT molecular complexity index is 259. The lowest BCUT2D eigenvalue weighted by atomic mass is 10.3. The zero-order valence-electron chi connectivity index (χ0n) is 7.63. The summed E-state index contributed by atoms with van der Waals surface area (Å²) in [6, 6.07) is 9.99. The van der Waals surface area contributed by atoms with E-state index in [2.05, 4.69) is 16.7 Å². The highest BCUT2D eigenvalue weighted by Crippen LogP contribution is 2.02. The lowest BCUT2D eigenvalue weighted by molar-refractivity contribution is 0.252. The SMILES string of the molecule is CCCNC(=O)Nc1[c]cccc1. The molecule has 0 aliphatic rings. The van der Waals surface area contributed by atoms with Gasteiger partial charge < -0.3 is 10.6 Å². The molecule has 1 rings (SSSR count). The predicted molar refractivity (Wildman–Crippen MR) is 52.6 cm³/mol. The molecule has 1 aromatic carbocycles. The highest BCUT2D eigenvalue weighted by Gasteiger charge is 1.97. The molecule has 69 valence electrons. The fraction of sp³-hybridized carbons (Fsp3) is 0.300. The highest BCUT2D eigenvalue weighted by atomic mass is 16.2. The van der Waals surface area contributed by atoms with Crippen molar-refractivity contribution in [2.75, 3.05) is 11.9 Å². The largest absolute Gasteiger partial charge is 0.338 e. The smallest absolute Gasteiger partial charge is 0.319 e. The van der Waals surface area contributed by atoms with Crippen LogP contribution in [0.4, 0.5) is 10.5 Å². The number of hydrogen-bond donors (Lipinski definition) is 2. The molecule has 0 aliphatic heterocycles. The Morgan fingerprint density at radius 1 is 1.54 bits per heavy atom. The van der Waals surface area contributed by atoms with Crippen LogP contribution in [0.3, 0.4) is 0 Å². The van der Waals surface area contributed by atoms with E-state index < -0.39 is 0 Å². The van der Waals surface area contributed by atoms with Crippen molar-refractivity contribution in [3.05, 3.63) is 30.3 Å². The molecule has 1 aromatic rings. The maximum atomic E-state index is 11.1. The van der Waals surface area contributed by atoms with Crippen molar-refractivity contribution in [2.45, 2.75) is 13.3 Å². The second-order valence-corrected chi connectivity index (χ2v) is 2.66. The van der Waals surface area contributed by atoms with E-state index in [1.807, 2.05) is 19.1 Å². The van der Waals surface area contributed by atoms with Gasteiger partial charge >= 0.3 is 6.03 Å². The number of anilines is 1. The van der Waals surface area contributed by atoms with Gasteiger partial charge in [-0.3, -0.25) is 0 Å². The molecular weight excluding hydrogens is 164 g/mol. The summed E-state index contributed by atoms with van der Waals surface area (Å²) in [5.41, 5.74) is 0.691. The van der Waals surface area contributed by atoms with Crippen molar-refractivity contribution >= 4 is 11.7 Å². The predicted octanol–water partition coefficient (Wildman–Crippen LogP) is 2.02. The third-order valence-electron chi connectivity index (χ3n) is 1.49. The van der Waals surface area contributed by atoms with E-state index in [1.54, 1.807) is 12.1 Å². The Morgan fingerprint density at radius 2 is 2.38 bits per heavy atom. The quantitative estimate of drug-likeness (QED) is 0.728. The summed E-state index contributed by atoms with van der Waals surface area (Å²) in [5.74, 6) is 0. The van der Waals surface area contributed by atoms with Gasteiger partial charge in [0.15, 0.2) is 0 Å². The van der Waals surface area contributed by atoms with Crippen LogP contribution >= 0.6 is 0 Å². The highest BCUT2D eigenvalue weighted by molar-refractivity contribution is 5.88. The summed E-state index contributed by atoms with van der Waals surface area (Å²) in [6.07, 6.45) is 0.936. The van der Waals surface area contributed by atoms with Crippen molar-refractivity contribution in [3.63, 3.8) is 0 Å². The Hall–Kier alpha value is -1.51. The van der Waals surface area contributed by atoms with Crippen LogP contribution in [0.5, 0.6) is 0 Å². The fourth-order valence-corrected chi connectivity index (χ4v) is 0.876. The Morgan fingerprint density at radius 3 is 3.00 bits per heavy atom. The van der Waals surface area contributed by atoms with Gasteiger partial charge in [0.1, 0.15) is 0 Å². The molecule has 0 bridgehead atoms. The van der Waals surface area contributed by atoms with Gasteiger partial charge in [-0.15, -0.1) is 0 Å². The van der Waals surface area contributed by atoms with Crippen LogP contribution in [0.15, 0.2) is 24.3 Å². The first-order valence-corrected chi connectivity index (χ1v) is 4.34. The Balaban J connectivity index is 2.37. The normalized spacial score (nSPS) is 9.31. The van der Waals surface area contributed by atoms with Gasteiger partial charge in [-0.05, 0) is 12.5 Å². The van der Waals surface area contributed by atoms with Crippen LogP contribution in [0.25, 0.3) is 0 Å². The topological polar surface area (TPSA) is 41.1 Å². The van der Waals surface area contributed by atoms with Crippen molar-refractivity contribution in [1.29, 1.82) is 0 Å². The molecule has 0 heterocycles. The minimum absolute atomic E-state index is 0.177. The first-order valence-electron chi connectivity index (χ1n) is 4.34. The van der Waals surface area contributed by atoms with Crippen LogP contribution in [0.1, 0.15) is 13.3 Å². The molecule has 0 aromatic heterocycles. The van der Waals surface area contributed by atoms with E-state index in [0.29, 0.717) is 12.2 Å². The van der Waals surface area contributed by atoms with Crippen LogP contribution in [0.2, 0.25) is 0 Å². The number of amides is 2. The Labute approximate surface area is 78.2 Å². The van der Waals surface area contributed by atoms with Crippen molar-refractivity contribution in [2.24, 2.45) is 0 Å². The Kier molecular flexibility index (Phi) is 3.82. The number of rotatable bonds is 3. The molecule has 0 spiro atoms. The number of carbonyl (C=O) groups is 1. The zero-order chi connectivity index (χ0) is 9.52. The van der Waals surface area contributed by atoms with Crippen molar-refractivity contribution in [3.8, 4) is 0 Å². The van der Waals surface area contributed by atoms with Gasteiger partial charge in [0.05, 0.1) is 5.69 Å². The summed E-state index contributed by atoms with van der Waals surface area (Å²) in [6.45, 7) is 2.70. The molecule has 0 atom stereocenters. The third-order valence-corrected chi connectivity index (χ3v) is 1.49. The number of benzene rings is 1. The lowest BCUT2D eigenvalue weighted by Gasteiger charge is -2.05. The van der Waals surface area contributed by atoms with Crippen molar-refractivity contribution < 1.29 is 4.79 Å². The molecular formula is C10H13N2O. The molecule has 13 heavy (non-hydrogen) atoms. The number of para-hydroxylation sites is 1. The lowest BCUT2D eigenvalue weighted by Crippen LogP contribution is -2.29. The standard InChI is InChI=1S/C10H13N2O/c1-2-8-11-10(13)12-9-6-4-3-5-7-9/h3-6H,2,8H2,1H3,(H2,11,12,13). The molecule has 0 saturated heterocycles. The molecule has 0 aliphatic carbocycles. The number of nitrogens with one attached hydrogen (secondary N) is 2. The maximum absolute atomic E-state index is 11.1. The number of hydrogen-bond acceptors (Lipinski definition) is 1. The first-order chi connectivity index (χ1) is 6.33. The zero-order valence-corrected chi connectivity index (χ0v) is 7.63. The van der Waals surface area contributed by atoms with E-state index in [0.717, 1.165) is 6.42 Å². The van der Waals surface area contributed by atoms with Crippen LogP contribution in [-0.2, 0) is 0 Å². The number of urea groups is 1. The maximum Gasteiger partial charge on any atom is 0.319 e. The number of carbonyl (C=O) groups excluding carboxylic acids is 1.